The second kappa shape index (κ2) is 9.13. The van der Waals surface area contributed by atoms with E-state index >= 15 is 0 Å². The van der Waals surface area contributed by atoms with Crippen molar-refractivity contribution in [3.05, 3.63) is 59.2 Å². The van der Waals surface area contributed by atoms with Crippen LogP contribution in [0.5, 0.6) is 0 Å². The minimum Gasteiger partial charge on any atom is -0.375 e. The molecule has 0 radical (unpaired) electrons. The van der Waals surface area contributed by atoms with Crippen LogP contribution in [0.2, 0.25) is 0 Å². The summed E-state index contributed by atoms with van der Waals surface area (Å²) in [7, 11) is 3.25. The molecular weight excluding hydrogens is 396 g/mol. The highest BCUT2D eigenvalue weighted by Gasteiger charge is 2.20. The Hall–Kier alpha value is -3.46. The number of nitrogens with zero attached hydrogens (tertiary/aromatic N) is 4. The Kier molecular flexibility index (Phi) is 6.13. The minimum atomic E-state index is -0.256. The lowest BCUT2D eigenvalue weighted by molar-refractivity contribution is -0.119. The van der Waals surface area contributed by atoms with E-state index in [0.717, 1.165) is 30.6 Å². The van der Waals surface area contributed by atoms with Crippen molar-refractivity contribution < 1.29 is 14.3 Å². The van der Waals surface area contributed by atoms with Crippen molar-refractivity contribution in [3.8, 4) is 5.69 Å². The lowest BCUT2D eigenvalue weighted by atomic mass is 9.96. The van der Waals surface area contributed by atoms with E-state index in [1.54, 1.807) is 41.2 Å². The van der Waals surface area contributed by atoms with Crippen LogP contribution in [0.15, 0.2) is 36.7 Å². The first kappa shape index (κ1) is 20.8. The molecule has 0 saturated heterocycles. The first-order valence-electron chi connectivity index (χ1n) is 10.3. The molecule has 1 aromatic carbocycles. The molecule has 1 aliphatic carbocycles. The summed E-state index contributed by atoms with van der Waals surface area (Å²) in [6.45, 7) is 0.438. The second-order valence-corrected chi connectivity index (χ2v) is 7.70. The lowest BCUT2D eigenvalue weighted by Gasteiger charge is -2.18. The molecule has 162 valence electrons. The van der Waals surface area contributed by atoms with Crippen molar-refractivity contribution >= 4 is 17.5 Å². The first-order valence-corrected chi connectivity index (χ1v) is 10.3. The normalized spacial score (nSPS) is 13.0. The van der Waals surface area contributed by atoms with E-state index in [0.29, 0.717) is 17.8 Å². The van der Waals surface area contributed by atoms with Crippen LogP contribution in [0.3, 0.4) is 0 Å². The molecule has 1 aliphatic rings. The molecule has 9 nitrogen and oxygen atoms in total. The summed E-state index contributed by atoms with van der Waals surface area (Å²) in [5, 5.41) is 14.6. The zero-order chi connectivity index (χ0) is 21.8. The number of methoxy groups -OCH3 is 1. The van der Waals surface area contributed by atoms with Crippen LogP contribution < -0.4 is 5.32 Å². The lowest BCUT2D eigenvalue weighted by Crippen LogP contribution is -2.27. The van der Waals surface area contributed by atoms with E-state index in [2.05, 4.69) is 20.6 Å². The second-order valence-electron chi connectivity index (χ2n) is 7.70. The van der Waals surface area contributed by atoms with Gasteiger partial charge in [0.15, 0.2) is 0 Å². The van der Waals surface area contributed by atoms with Crippen molar-refractivity contribution in [1.29, 1.82) is 0 Å². The monoisotopic (exact) mass is 422 g/mol. The Bertz CT molecular complexity index is 1090. The van der Waals surface area contributed by atoms with Crippen LogP contribution in [0.25, 0.3) is 5.69 Å². The van der Waals surface area contributed by atoms with E-state index in [1.807, 2.05) is 12.1 Å². The smallest absolute Gasteiger partial charge is 0.254 e. The van der Waals surface area contributed by atoms with Crippen LogP contribution in [0, 0.1) is 0 Å². The Balaban J connectivity index is 1.46. The topological polar surface area (TPSA) is 105 Å². The van der Waals surface area contributed by atoms with Gasteiger partial charge in [0, 0.05) is 25.4 Å². The highest BCUT2D eigenvalue weighted by atomic mass is 16.5. The van der Waals surface area contributed by atoms with Gasteiger partial charge in [0.25, 0.3) is 5.91 Å². The first-order chi connectivity index (χ1) is 15.0. The highest BCUT2D eigenvalue weighted by molar-refractivity contribution is 5.94. The van der Waals surface area contributed by atoms with Gasteiger partial charge in [-0.25, -0.2) is 4.68 Å². The predicted octanol–water partition coefficient (Wildman–Crippen LogP) is 2.33. The summed E-state index contributed by atoms with van der Waals surface area (Å²) >= 11 is 0. The van der Waals surface area contributed by atoms with Crippen LogP contribution in [0.4, 0.5) is 5.69 Å². The Morgan fingerprint density at radius 3 is 2.97 bits per heavy atom. The number of benzene rings is 1. The average molecular weight is 422 g/mol. The number of hydrogen-bond acceptors (Lipinski definition) is 5. The van der Waals surface area contributed by atoms with Crippen molar-refractivity contribution in [3.63, 3.8) is 0 Å². The Morgan fingerprint density at radius 1 is 1.29 bits per heavy atom. The fourth-order valence-electron chi connectivity index (χ4n) is 3.84. The maximum absolute atomic E-state index is 13.0. The highest BCUT2D eigenvalue weighted by Crippen LogP contribution is 2.23. The average Bonchev–Trinajstić information content (AvgIpc) is 3.41. The number of anilines is 1. The largest absolute Gasteiger partial charge is 0.375 e. The van der Waals surface area contributed by atoms with E-state index < -0.39 is 0 Å². The van der Waals surface area contributed by atoms with Gasteiger partial charge in [-0.1, -0.05) is 6.07 Å². The van der Waals surface area contributed by atoms with E-state index in [1.165, 1.54) is 24.8 Å². The number of aromatic nitrogens is 4. The number of nitrogens with one attached hydrogen (secondary N) is 2. The molecule has 2 heterocycles. The Morgan fingerprint density at radius 2 is 2.13 bits per heavy atom. The van der Waals surface area contributed by atoms with Gasteiger partial charge in [-0.15, -0.1) is 0 Å². The number of fused-ring (bicyclic) bond motifs is 1. The van der Waals surface area contributed by atoms with E-state index in [4.69, 9.17) is 4.74 Å². The molecule has 2 amide bonds. The van der Waals surface area contributed by atoms with Crippen LogP contribution in [0.1, 0.15) is 40.2 Å². The SMILES string of the molecule is COCC(=O)Nc1cnn(-c2cccc(C(=O)N(C)Cc3n[nH]c4c3CCCC4)c2)c1. The number of ether oxygens (including phenoxy) is 1. The van der Waals surface area contributed by atoms with Crippen molar-refractivity contribution in [2.75, 3.05) is 26.1 Å². The number of hydrogen-bond donors (Lipinski definition) is 2. The van der Waals surface area contributed by atoms with Gasteiger partial charge in [-0.05, 0) is 49.4 Å². The van der Waals surface area contributed by atoms with Crippen LogP contribution in [-0.4, -0.2) is 57.5 Å². The van der Waals surface area contributed by atoms with Gasteiger partial charge in [-0.2, -0.15) is 10.2 Å². The van der Waals surface area contributed by atoms with Crippen LogP contribution >= 0.6 is 0 Å². The standard InChI is InChI=1S/C22H26N6O3/c1-27(13-20-18-8-3-4-9-19(18)25-26-20)22(30)15-6-5-7-17(10-15)28-12-16(11-23-28)24-21(29)14-31-2/h5-7,10-12H,3-4,8-9,13-14H2,1-2H3,(H,24,29)(H,25,26). The van der Waals surface area contributed by atoms with Gasteiger partial charge >= 0.3 is 0 Å². The third kappa shape index (κ3) is 4.66. The molecular formula is C22H26N6O3. The predicted molar refractivity (Wildman–Crippen MR) is 115 cm³/mol. The zero-order valence-electron chi connectivity index (χ0n) is 17.7. The number of H-pyrrole nitrogens is 1. The molecule has 4 rings (SSSR count). The van der Waals surface area contributed by atoms with E-state index in [9.17, 15) is 9.59 Å². The van der Waals surface area contributed by atoms with Gasteiger partial charge in [0.1, 0.15) is 6.61 Å². The summed E-state index contributed by atoms with van der Waals surface area (Å²) in [6, 6.07) is 7.24. The number of carbonyl (C=O) groups is 2. The molecule has 0 atom stereocenters. The third-order valence-electron chi connectivity index (χ3n) is 5.38. The molecule has 3 aromatic rings. The summed E-state index contributed by atoms with van der Waals surface area (Å²) in [6.07, 6.45) is 7.63. The van der Waals surface area contributed by atoms with Gasteiger partial charge in [0.2, 0.25) is 5.91 Å². The molecule has 2 aromatic heterocycles. The third-order valence-corrected chi connectivity index (χ3v) is 5.38. The van der Waals surface area contributed by atoms with Crippen molar-refractivity contribution in [2.24, 2.45) is 0 Å². The number of amides is 2. The Labute approximate surface area is 180 Å². The summed E-state index contributed by atoms with van der Waals surface area (Å²) in [4.78, 5) is 26.4. The maximum atomic E-state index is 13.0. The molecule has 31 heavy (non-hydrogen) atoms. The molecule has 0 spiro atoms. The number of rotatable bonds is 7. The zero-order valence-corrected chi connectivity index (χ0v) is 17.7. The summed E-state index contributed by atoms with van der Waals surface area (Å²) < 4.78 is 6.43. The molecule has 0 unspecified atom stereocenters. The van der Waals surface area contributed by atoms with Crippen molar-refractivity contribution in [2.45, 2.75) is 32.2 Å². The van der Waals surface area contributed by atoms with Gasteiger partial charge in [0.05, 0.1) is 36.0 Å². The maximum Gasteiger partial charge on any atom is 0.254 e. The molecule has 9 heteroatoms. The number of aryl methyl sites for hydroxylation is 1. The fourth-order valence-corrected chi connectivity index (χ4v) is 3.84. The van der Waals surface area contributed by atoms with Crippen LogP contribution in [-0.2, 0) is 28.9 Å². The van der Waals surface area contributed by atoms with Gasteiger partial charge < -0.3 is 15.0 Å². The number of carbonyl (C=O) groups excluding carboxylic acids is 2. The number of aromatic amines is 1. The molecule has 0 saturated carbocycles. The fraction of sp³-hybridized carbons (Fsp3) is 0.364. The van der Waals surface area contributed by atoms with Crippen molar-refractivity contribution in [1.82, 2.24) is 24.9 Å². The van der Waals surface area contributed by atoms with Gasteiger partial charge in [-0.3, -0.25) is 14.7 Å². The molecule has 0 aliphatic heterocycles. The molecule has 0 fully saturated rings. The summed E-state index contributed by atoms with van der Waals surface area (Å²) in [5.41, 5.74) is 5.26. The quantitative estimate of drug-likeness (QED) is 0.608. The molecule has 0 bridgehead atoms. The van der Waals surface area contributed by atoms with E-state index in [-0.39, 0.29) is 18.4 Å². The summed E-state index contributed by atoms with van der Waals surface area (Å²) in [5.74, 6) is -0.344. The minimum absolute atomic E-state index is 0.0271. The molecule has 2 N–H and O–H groups in total.